The van der Waals surface area contributed by atoms with Crippen LogP contribution in [0.2, 0.25) is 0 Å². The van der Waals surface area contributed by atoms with Crippen molar-refractivity contribution in [1.29, 1.82) is 0 Å². The van der Waals surface area contributed by atoms with E-state index in [4.69, 9.17) is 4.74 Å². The summed E-state index contributed by atoms with van der Waals surface area (Å²) in [7, 11) is 0. The minimum atomic E-state index is -0.159. The molecule has 1 aliphatic heterocycles. The van der Waals surface area contributed by atoms with Crippen molar-refractivity contribution < 1.29 is 9.53 Å². The Hall–Kier alpha value is -0.730. The third-order valence-electron chi connectivity index (χ3n) is 2.51. The first-order chi connectivity index (χ1) is 5.65. The molecule has 0 N–H and O–H groups in total. The molecular weight excluding hydrogens is 154 g/mol. The first-order valence-corrected chi connectivity index (χ1v) is 4.56. The molecule has 0 aromatic heterocycles. The summed E-state index contributed by atoms with van der Waals surface area (Å²) in [5.74, 6) is 1.21. The zero-order valence-corrected chi connectivity index (χ0v) is 8.04. The highest BCUT2D eigenvalue weighted by Crippen LogP contribution is 2.22. The number of hydrogen-bond acceptors (Lipinski definition) is 2. The second-order valence-corrected chi connectivity index (χ2v) is 3.56. The number of hydrogen-bond donors (Lipinski definition) is 0. The van der Waals surface area contributed by atoms with Crippen molar-refractivity contribution in [1.82, 2.24) is 4.90 Å². The van der Waals surface area contributed by atoms with E-state index in [9.17, 15) is 4.79 Å². The molecule has 12 heavy (non-hydrogen) atoms. The van der Waals surface area contributed by atoms with Crippen molar-refractivity contribution in [2.45, 2.75) is 20.8 Å². The predicted octanol–water partition coefficient (Wildman–Crippen LogP) is 1.73. The molecule has 2 atom stereocenters. The standard InChI is InChI=1S/C9H17NO2/c1-4-12-9(11)10-5-7(2)8(3)6-10/h7-8H,4-6H2,1-3H3/t7-,8?/m0/s1. The van der Waals surface area contributed by atoms with E-state index in [0.29, 0.717) is 18.4 Å². The molecule has 1 rings (SSSR count). The van der Waals surface area contributed by atoms with Crippen LogP contribution in [0.1, 0.15) is 20.8 Å². The van der Waals surface area contributed by atoms with Gasteiger partial charge in [0.05, 0.1) is 6.61 Å². The van der Waals surface area contributed by atoms with Gasteiger partial charge in [-0.15, -0.1) is 0 Å². The lowest BCUT2D eigenvalue weighted by Crippen LogP contribution is -2.29. The lowest BCUT2D eigenvalue weighted by Gasteiger charge is -2.14. The number of likely N-dealkylation sites (tertiary alicyclic amines) is 1. The van der Waals surface area contributed by atoms with Crippen LogP contribution in [0.4, 0.5) is 4.79 Å². The Kier molecular flexibility index (Phi) is 2.95. The van der Waals surface area contributed by atoms with Crippen LogP contribution >= 0.6 is 0 Å². The summed E-state index contributed by atoms with van der Waals surface area (Å²) in [6, 6.07) is 0. The number of rotatable bonds is 1. The highest BCUT2D eigenvalue weighted by atomic mass is 16.6. The molecule has 1 saturated heterocycles. The van der Waals surface area contributed by atoms with Crippen molar-refractivity contribution in [3.8, 4) is 0 Å². The third-order valence-corrected chi connectivity index (χ3v) is 2.51. The largest absolute Gasteiger partial charge is 0.450 e. The molecule has 3 heteroatoms. The Balaban J connectivity index is 2.40. The van der Waals surface area contributed by atoms with E-state index in [1.54, 1.807) is 4.90 Å². The molecule has 1 aliphatic rings. The second-order valence-electron chi connectivity index (χ2n) is 3.56. The zero-order chi connectivity index (χ0) is 9.14. The topological polar surface area (TPSA) is 29.5 Å². The van der Waals surface area contributed by atoms with Crippen LogP contribution in [-0.2, 0) is 4.74 Å². The van der Waals surface area contributed by atoms with Crippen molar-refractivity contribution >= 4 is 6.09 Å². The lowest BCUT2D eigenvalue weighted by atomic mass is 10.0. The van der Waals surface area contributed by atoms with Gasteiger partial charge in [-0.3, -0.25) is 0 Å². The van der Waals surface area contributed by atoms with E-state index in [2.05, 4.69) is 13.8 Å². The predicted molar refractivity (Wildman–Crippen MR) is 46.9 cm³/mol. The summed E-state index contributed by atoms with van der Waals surface area (Å²) in [6.07, 6.45) is -0.159. The maximum absolute atomic E-state index is 11.2. The smallest absolute Gasteiger partial charge is 0.409 e. The number of carbonyl (C=O) groups excluding carboxylic acids is 1. The van der Waals surface area contributed by atoms with Gasteiger partial charge in [-0.05, 0) is 18.8 Å². The van der Waals surface area contributed by atoms with E-state index in [0.717, 1.165) is 13.1 Å². The Bertz CT molecular complexity index is 160. The summed E-state index contributed by atoms with van der Waals surface area (Å²) in [4.78, 5) is 13.0. The third kappa shape index (κ3) is 1.90. The van der Waals surface area contributed by atoms with Gasteiger partial charge in [-0.25, -0.2) is 4.79 Å². The first kappa shape index (κ1) is 9.36. The molecule has 3 nitrogen and oxygen atoms in total. The van der Waals surface area contributed by atoms with Gasteiger partial charge in [0.1, 0.15) is 0 Å². The van der Waals surface area contributed by atoms with E-state index in [1.165, 1.54) is 0 Å². The molecule has 1 heterocycles. The van der Waals surface area contributed by atoms with Crippen LogP contribution in [-0.4, -0.2) is 30.7 Å². The fraction of sp³-hybridized carbons (Fsp3) is 0.889. The Morgan fingerprint density at radius 2 is 1.92 bits per heavy atom. The molecule has 0 aromatic rings. The van der Waals surface area contributed by atoms with Crippen molar-refractivity contribution in [3.05, 3.63) is 0 Å². The molecule has 1 fully saturated rings. The van der Waals surface area contributed by atoms with Crippen LogP contribution in [0.3, 0.4) is 0 Å². The minimum absolute atomic E-state index is 0.159. The number of amides is 1. The molecule has 70 valence electrons. The van der Waals surface area contributed by atoms with Crippen LogP contribution in [0, 0.1) is 11.8 Å². The van der Waals surface area contributed by atoms with Crippen molar-refractivity contribution in [3.63, 3.8) is 0 Å². The van der Waals surface area contributed by atoms with Gasteiger partial charge >= 0.3 is 6.09 Å². The lowest BCUT2D eigenvalue weighted by molar-refractivity contribution is 0.114. The van der Waals surface area contributed by atoms with E-state index < -0.39 is 0 Å². The quantitative estimate of drug-likeness (QED) is 0.601. The maximum Gasteiger partial charge on any atom is 0.409 e. The summed E-state index contributed by atoms with van der Waals surface area (Å²) >= 11 is 0. The highest BCUT2D eigenvalue weighted by molar-refractivity contribution is 5.67. The molecule has 0 aliphatic carbocycles. The van der Waals surface area contributed by atoms with Gasteiger partial charge in [0, 0.05) is 13.1 Å². The first-order valence-electron chi connectivity index (χ1n) is 4.56. The van der Waals surface area contributed by atoms with E-state index in [-0.39, 0.29) is 6.09 Å². The average molecular weight is 171 g/mol. The van der Waals surface area contributed by atoms with Crippen LogP contribution in [0.15, 0.2) is 0 Å². The van der Waals surface area contributed by atoms with Crippen LogP contribution < -0.4 is 0 Å². The highest BCUT2D eigenvalue weighted by Gasteiger charge is 2.29. The van der Waals surface area contributed by atoms with Gasteiger partial charge in [0.2, 0.25) is 0 Å². The Morgan fingerprint density at radius 1 is 1.42 bits per heavy atom. The molecule has 0 radical (unpaired) electrons. The summed E-state index contributed by atoms with van der Waals surface area (Å²) in [5, 5.41) is 0. The van der Waals surface area contributed by atoms with Gasteiger partial charge in [0.25, 0.3) is 0 Å². The fourth-order valence-electron chi connectivity index (χ4n) is 1.49. The van der Waals surface area contributed by atoms with Crippen molar-refractivity contribution in [2.24, 2.45) is 11.8 Å². The maximum atomic E-state index is 11.2. The summed E-state index contributed by atoms with van der Waals surface area (Å²) in [5.41, 5.74) is 0. The summed E-state index contributed by atoms with van der Waals surface area (Å²) < 4.78 is 4.91. The molecular formula is C9H17NO2. The molecule has 0 saturated carbocycles. The Labute approximate surface area is 73.7 Å². The SMILES string of the molecule is CCOC(=O)N1CC(C)[C@@H](C)C1. The van der Waals surface area contributed by atoms with Crippen LogP contribution in [0.5, 0.6) is 0 Å². The molecule has 0 aromatic carbocycles. The monoisotopic (exact) mass is 171 g/mol. The molecule has 0 bridgehead atoms. The molecule has 1 unspecified atom stereocenters. The van der Waals surface area contributed by atoms with E-state index >= 15 is 0 Å². The number of ether oxygens (including phenoxy) is 1. The number of nitrogens with zero attached hydrogens (tertiary/aromatic N) is 1. The Morgan fingerprint density at radius 3 is 2.33 bits per heavy atom. The van der Waals surface area contributed by atoms with Gasteiger partial charge < -0.3 is 9.64 Å². The summed E-state index contributed by atoms with van der Waals surface area (Å²) in [6.45, 7) is 8.34. The van der Waals surface area contributed by atoms with Crippen molar-refractivity contribution in [2.75, 3.05) is 19.7 Å². The number of carbonyl (C=O) groups is 1. The van der Waals surface area contributed by atoms with Gasteiger partial charge in [-0.2, -0.15) is 0 Å². The van der Waals surface area contributed by atoms with Gasteiger partial charge in [0.15, 0.2) is 0 Å². The second kappa shape index (κ2) is 3.78. The molecule has 0 spiro atoms. The zero-order valence-electron chi connectivity index (χ0n) is 8.04. The van der Waals surface area contributed by atoms with E-state index in [1.807, 2.05) is 6.92 Å². The normalized spacial score (nSPS) is 29.1. The minimum Gasteiger partial charge on any atom is -0.450 e. The molecule has 1 amide bonds. The van der Waals surface area contributed by atoms with Gasteiger partial charge in [-0.1, -0.05) is 13.8 Å². The average Bonchev–Trinajstić information content (AvgIpc) is 2.33. The fourth-order valence-corrected chi connectivity index (χ4v) is 1.49. The van der Waals surface area contributed by atoms with Crippen LogP contribution in [0.25, 0.3) is 0 Å².